The van der Waals surface area contributed by atoms with Crippen LogP contribution in [0.4, 0.5) is 5.69 Å². The van der Waals surface area contributed by atoms with Crippen LogP contribution in [-0.4, -0.2) is 33.8 Å². The summed E-state index contributed by atoms with van der Waals surface area (Å²) >= 11 is 6.01. The fraction of sp³-hybridized carbons (Fsp3) is 0.176. The van der Waals surface area contributed by atoms with Crippen LogP contribution in [0.2, 0.25) is 5.02 Å². The van der Waals surface area contributed by atoms with Crippen LogP contribution < -0.4 is 10.5 Å². The van der Waals surface area contributed by atoms with Gasteiger partial charge in [-0.05, 0) is 26.0 Å². The lowest BCUT2D eigenvalue weighted by atomic mass is 10.1. The van der Waals surface area contributed by atoms with E-state index in [9.17, 15) is 26.4 Å². The Morgan fingerprint density at radius 2 is 1.57 bits per heavy atom. The summed E-state index contributed by atoms with van der Waals surface area (Å²) in [5.74, 6) is -2.05. The van der Waals surface area contributed by atoms with Crippen LogP contribution in [0.3, 0.4) is 0 Å². The lowest BCUT2D eigenvalue weighted by Gasteiger charge is -2.15. The molecule has 28 heavy (non-hydrogen) atoms. The highest BCUT2D eigenvalue weighted by Gasteiger charge is 2.28. The van der Waals surface area contributed by atoms with Gasteiger partial charge in [0.15, 0.2) is 9.84 Å². The van der Waals surface area contributed by atoms with E-state index >= 15 is 0 Å². The number of primary sulfonamides is 1. The lowest BCUT2D eigenvalue weighted by Crippen LogP contribution is -2.25. The summed E-state index contributed by atoms with van der Waals surface area (Å²) in [6.07, 6.45) is 0. The predicted octanol–water partition coefficient (Wildman–Crippen LogP) is 1.99. The number of hydrogen-bond donors (Lipinski definition) is 2. The van der Waals surface area contributed by atoms with E-state index < -0.39 is 52.3 Å². The number of hydrogen-bond acceptors (Lipinski definition) is 6. The van der Waals surface area contributed by atoms with Gasteiger partial charge in [0, 0.05) is 5.56 Å². The van der Waals surface area contributed by atoms with E-state index in [1.807, 2.05) is 0 Å². The fourth-order valence-corrected chi connectivity index (χ4v) is 4.62. The maximum atomic E-state index is 12.4. The third kappa shape index (κ3) is 4.58. The van der Waals surface area contributed by atoms with Gasteiger partial charge in [-0.1, -0.05) is 41.9 Å². The van der Waals surface area contributed by atoms with Crippen molar-refractivity contribution in [2.45, 2.75) is 28.9 Å². The second-order valence-corrected chi connectivity index (χ2v) is 10.5. The Morgan fingerprint density at radius 3 is 2.07 bits per heavy atom. The van der Waals surface area contributed by atoms with Crippen molar-refractivity contribution in [3.63, 3.8) is 0 Å². The van der Waals surface area contributed by atoms with Gasteiger partial charge in [-0.25, -0.2) is 22.0 Å². The zero-order chi connectivity index (χ0) is 21.3. The van der Waals surface area contributed by atoms with Gasteiger partial charge < -0.3 is 5.32 Å². The zero-order valence-corrected chi connectivity index (χ0v) is 17.2. The smallest absolute Gasteiger partial charge is 0.296 e. The van der Waals surface area contributed by atoms with Crippen LogP contribution in [0.15, 0.2) is 52.3 Å². The number of ketones is 1. The first kappa shape index (κ1) is 22.0. The topological polar surface area (TPSA) is 140 Å². The number of nitrogens with one attached hydrogen (secondary N) is 1. The molecule has 0 aliphatic heterocycles. The molecule has 8 nitrogen and oxygen atoms in total. The van der Waals surface area contributed by atoms with Gasteiger partial charge in [-0.2, -0.15) is 0 Å². The number of sulfonamides is 1. The summed E-state index contributed by atoms with van der Waals surface area (Å²) in [6.45, 7) is 2.80. The Hall–Kier alpha value is -2.27. The van der Waals surface area contributed by atoms with E-state index in [0.717, 1.165) is 12.1 Å². The van der Waals surface area contributed by atoms with Crippen molar-refractivity contribution in [3.8, 4) is 0 Å². The molecule has 0 unspecified atom stereocenters. The molecule has 2 aromatic carbocycles. The van der Waals surface area contributed by atoms with Crippen LogP contribution in [0.1, 0.15) is 24.2 Å². The third-order valence-corrected chi connectivity index (χ3v) is 7.33. The van der Waals surface area contributed by atoms with Crippen molar-refractivity contribution < 1.29 is 26.4 Å². The van der Waals surface area contributed by atoms with E-state index in [0.29, 0.717) is 0 Å². The number of amides is 1. The second-order valence-electron chi connectivity index (χ2n) is 6.07. The summed E-state index contributed by atoms with van der Waals surface area (Å²) in [7, 11) is -8.37. The fourth-order valence-electron chi connectivity index (χ4n) is 2.24. The van der Waals surface area contributed by atoms with Crippen molar-refractivity contribution in [2.75, 3.05) is 5.32 Å². The summed E-state index contributed by atoms with van der Waals surface area (Å²) in [5, 5.41) is 6.10. The first-order valence-electron chi connectivity index (χ1n) is 7.86. The highest BCUT2D eigenvalue weighted by atomic mass is 35.5. The molecule has 0 saturated carbocycles. The number of rotatable bonds is 6. The Bertz CT molecular complexity index is 1140. The zero-order valence-electron chi connectivity index (χ0n) is 14.8. The van der Waals surface area contributed by atoms with Crippen LogP contribution in [-0.2, 0) is 24.7 Å². The van der Waals surface area contributed by atoms with E-state index in [2.05, 4.69) is 5.32 Å². The largest absolute Gasteiger partial charge is 0.318 e. The Labute approximate surface area is 167 Å². The summed E-state index contributed by atoms with van der Waals surface area (Å²) in [4.78, 5) is 23.3. The SMILES string of the molecule is CC(C)S(=O)(=O)c1cc(S(N)(=O)=O)c(NC(=O)C(=O)c2ccccc2)cc1Cl. The van der Waals surface area contributed by atoms with Crippen molar-refractivity contribution >= 4 is 48.8 Å². The molecular weight excluding hydrogens is 428 g/mol. The normalized spacial score (nSPS) is 12.0. The molecule has 3 N–H and O–H groups in total. The van der Waals surface area contributed by atoms with Gasteiger partial charge in [0.2, 0.25) is 10.0 Å². The number of carbonyl (C=O) groups is 2. The summed E-state index contributed by atoms with van der Waals surface area (Å²) < 4.78 is 48.7. The molecule has 0 fully saturated rings. The van der Waals surface area contributed by atoms with Crippen molar-refractivity contribution in [1.29, 1.82) is 0 Å². The molecule has 0 atom stereocenters. The molecule has 0 saturated heterocycles. The molecule has 0 spiro atoms. The number of nitrogens with two attached hydrogens (primary N) is 1. The number of Topliss-reactive ketones (excluding diaryl/α,β-unsaturated/α-hetero) is 1. The molecule has 0 radical (unpaired) electrons. The van der Waals surface area contributed by atoms with Gasteiger partial charge in [-0.15, -0.1) is 0 Å². The molecule has 2 rings (SSSR count). The number of carbonyl (C=O) groups excluding carboxylic acids is 2. The Morgan fingerprint density at radius 1 is 1.00 bits per heavy atom. The van der Waals surface area contributed by atoms with Crippen molar-refractivity contribution in [2.24, 2.45) is 5.14 Å². The summed E-state index contributed by atoms with van der Waals surface area (Å²) in [6, 6.07) is 9.29. The Kier molecular flexibility index (Phi) is 6.29. The average molecular weight is 445 g/mol. The summed E-state index contributed by atoms with van der Waals surface area (Å²) in [5.41, 5.74) is -0.313. The van der Waals surface area contributed by atoms with Crippen LogP contribution in [0, 0.1) is 0 Å². The molecule has 2 aromatic rings. The monoisotopic (exact) mass is 444 g/mol. The molecule has 11 heteroatoms. The molecule has 1 amide bonds. The molecule has 0 bridgehead atoms. The minimum Gasteiger partial charge on any atom is -0.318 e. The molecular formula is C17H17ClN2O6S2. The maximum Gasteiger partial charge on any atom is 0.296 e. The van der Waals surface area contributed by atoms with Gasteiger partial charge in [-0.3, -0.25) is 9.59 Å². The third-order valence-electron chi connectivity index (χ3n) is 3.76. The van der Waals surface area contributed by atoms with Gasteiger partial charge >= 0.3 is 0 Å². The van der Waals surface area contributed by atoms with Crippen molar-refractivity contribution in [3.05, 3.63) is 53.1 Å². The van der Waals surface area contributed by atoms with E-state index in [1.54, 1.807) is 18.2 Å². The number of halogens is 1. The van der Waals surface area contributed by atoms with E-state index in [-0.39, 0.29) is 10.6 Å². The number of sulfone groups is 1. The van der Waals surface area contributed by atoms with Gasteiger partial charge in [0.1, 0.15) is 4.90 Å². The first-order chi connectivity index (χ1) is 12.9. The molecule has 0 heterocycles. The predicted molar refractivity (Wildman–Crippen MR) is 105 cm³/mol. The van der Waals surface area contributed by atoms with Crippen LogP contribution in [0.25, 0.3) is 0 Å². The minimum absolute atomic E-state index is 0.0854. The van der Waals surface area contributed by atoms with E-state index in [1.165, 1.54) is 26.0 Å². The highest BCUT2D eigenvalue weighted by Crippen LogP contribution is 2.33. The standard InChI is InChI=1S/C17H17ClN2O6S2/c1-10(2)27(23,24)14-9-15(28(19,25)26)13(8-12(14)18)20-17(22)16(21)11-6-4-3-5-7-11/h3-10H,1-2H3,(H,20,22)(H2,19,25,26). The molecule has 0 aromatic heterocycles. The van der Waals surface area contributed by atoms with Gasteiger partial charge in [0.05, 0.1) is 20.9 Å². The van der Waals surface area contributed by atoms with E-state index in [4.69, 9.17) is 16.7 Å². The lowest BCUT2D eigenvalue weighted by molar-refractivity contribution is -0.112. The highest BCUT2D eigenvalue weighted by molar-refractivity contribution is 7.92. The first-order valence-corrected chi connectivity index (χ1v) is 11.3. The quantitative estimate of drug-likeness (QED) is 0.515. The molecule has 0 aliphatic rings. The van der Waals surface area contributed by atoms with Crippen LogP contribution in [0.5, 0.6) is 0 Å². The molecule has 150 valence electrons. The van der Waals surface area contributed by atoms with Gasteiger partial charge in [0.25, 0.3) is 11.7 Å². The second kappa shape index (κ2) is 8.00. The average Bonchev–Trinajstić information content (AvgIpc) is 2.60. The maximum absolute atomic E-state index is 12.4. The number of benzene rings is 2. The molecule has 0 aliphatic carbocycles. The Balaban J connectivity index is 2.54. The minimum atomic E-state index is -4.44. The number of anilines is 1. The van der Waals surface area contributed by atoms with Crippen molar-refractivity contribution in [1.82, 2.24) is 0 Å². The van der Waals surface area contributed by atoms with Crippen LogP contribution >= 0.6 is 11.6 Å².